The number of alkyl halides is 3. The average Bonchev–Trinajstić information content (AvgIpc) is 2.36. The molecule has 112 valence electrons. The molecule has 0 aliphatic heterocycles. The molecular weight excluding hydrogens is 305 g/mol. The Bertz CT molecular complexity index is 780. The quantitative estimate of drug-likeness (QED) is 0.923. The molecule has 0 aliphatic carbocycles. The molecule has 0 heterocycles. The Hall–Kier alpha value is -2.02. The summed E-state index contributed by atoms with van der Waals surface area (Å²) in [4.78, 5) is -0.00287. The van der Waals surface area contributed by atoms with Gasteiger partial charge in [0.1, 0.15) is 5.75 Å². The molecule has 0 amide bonds. The highest BCUT2D eigenvalue weighted by Gasteiger charge is 2.31. The maximum Gasteiger partial charge on any atom is 0.416 e. The van der Waals surface area contributed by atoms with Crippen molar-refractivity contribution in [2.75, 3.05) is 6.26 Å². The summed E-state index contributed by atoms with van der Waals surface area (Å²) >= 11 is 0. The van der Waals surface area contributed by atoms with E-state index >= 15 is 0 Å². The van der Waals surface area contributed by atoms with E-state index in [1.807, 2.05) is 0 Å². The lowest BCUT2D eigenvalue weighted by molar-refractivity contribution is -0.137. The van der Waals surface area contributed by atoms with Crippen molar-refractivity contribution in [2.45, 2.75) is 11.1 Å². The second-order valence-corrected chi connectivity index (χ2v) is 6.58. The number of phenols is 1. The first-order chi connectivity index (χ1) is 9.57. The van der Waals surface area contributed by atoms with Crippen molar-refractivity contribution < 1.29 is 26.7 Å². The zero-order valence-corrected chi connectivity index (χ0v) is 11.7. The molecule has 0 aliphatic rings. The van der Waals surface area contributed by atoms with Gasteiger partial charge in [-0.2, -0.15) is 13.2 Å². The van der Waals surface area contributed by atoms with Crippen LogP contribution in [0.1, 0.15) is 5.56 Å². The molecule has 0 spiro atoms. The van der Waals surface area contributed by atoms with Gasteiger partial charge in [0.05, 0.1) is 10.5 Å². The fourth-order valence-electron chi connectivity index (χ4n) is 1.85. The van der Waals surface area contributed by atoms with Crippen LogP contribution in [0.4, 0.5) is 13.2 Å². The van der Waals surface area contributed by atoms with E-state index in [0.29, 0.717) is 6.07 Å². The molecule has 0 saturated carbocycles. The predicted octanol–water partition coefficient (Wildman–Crippen LogP) is 3.48. The van der Waals surface area contributed by atoms with E-state index in [9.17, 15) is 26.7 Å². The Morgan fingerprint density at radius 3 is 2.24 bits per heavy atom. The Kier molecular flexibility index (Phi) is 3.71. The molecule has 21 heavy (non-hydrogen) atoms. The molecule has 1 N–H and O–H groups in total. The van der Waals surface area contributed by atoms with Crippen LogP contribution in [0.15, 0.2) is 47.4 Å². The molecule has 2 aromatic rings. The summed E-state index contributed by atoms with van der Waals surface area (Å²) in [6.45, 7) is 0. The number of halogens is 3. The Morgan fingerprint density at radius 1 is 1.00 bits per heavy atom. The van der Waals surface area contributed by atoms with E-state index in [2.05, 4.69) is 0 Å². The van der Waals surface area contributed by atoms with Crippen molar-refractivity contribution in [3.8, 4) is 16.9 Å². The van der Waals surface area contributed by atoms with E-state index in [0.717, 1.165) is 18.4 Å². The highest BCUT2D eigenvalue weighted by molar-refractivity contribution is 7.90. The van der Waals surface area contributed by atoms with Gasteiger partial charge in [0.15, 0.2) is 9.84 Å². The lowest BCUT2D eigenvalue weighted by atomic mass is 10.0. The molecule has 7 heteroatoms. The van der Waals surface area contributed by atoms with Gasteiger partial charge in [-0.15, -0.1) is 0 Å². The predicted molar refractivity (Wildman–Crippen MR) is 71.7 cm³/mol. The number of aromatic hydroxyl groups is 1. The smallest absolute Gasteiger partial charge is 0.416 e. The summed E-state index contributed by atoms with van der Waals surface area (Å²) in [5.41, 5.74) is -0.630. The molecular formula is C14H11F3O3S. The van der Waals surface area contributed by atoms with Crippen LogP contribution in [-0.2, 0) is 16.0 Å². The lowest BCUT2D eigenvalue weighted by Gasteiger charge is -2.10. The molecule has 0 unspecified atom stereocenters. The second kappa shape index (κ2) is 5.07. The molecule has 0 atom stereocenters. The standard InChI is InChI=1S/C14H11F3O3S/c1-21(19,20)13-4-2-3-9(7-13)10-5-11(14(15,16)17)8-12(18)6-10/h2-8,18H,1H3. The molecule has 0 saturated heterocycles. The minimum atomic E-state index is -4.60. The minimum absolute atomic E-state index is 0.00287. The highest BCUT2D eigenvalue weighted by Crippen LogP contribution is 2.35. The van der Waals surface area contributed by atoms with Gasteiger partial charge in [0.2, 0.25) is 0 Å². The van der Waals surface area contributed by atoms with Crippen LogP contribution in [0.3, 0.4) is 0 Å². The Morgan fingerprint density at radius 2 is 1.67 bits per heavy atom. The first-order valence-corrected chi connectivity index (χ1v) is 7.68. The summed E-state index contributed by atoms with van der Waals surface area (Å²) in [5, 5.41) is 9.43. The van der Waals surface area contributed by atoms with Gasteiger partial charge in [0, 0.05) is 6.26 Å². The Labute approximate surface area is 119 Å². The largest absolute Gasteiger partial charge is 0.508 e. The van der Waals surface area contributed by atoms with Crippen molar-refractivity contribution in [1.29, 1.82) is 0 Å². The number of hydrogen-bond acceptors (Lipinski definition) is 3. The number of hydrogen-bond donors (Lipinski definition) is 1. The third kappa shape index (κ3) is 3.55. The first-order valence-electron chi connectivity index (χ1n) is 5.79. The topological polar surface area (TPSA) is 54.4 Å². The highest BCUT2D eigenvalue weighted by atomic mass is 32.2. The molecule has 3 nitrogen and oxygen atoms in total. The van der Waals surface area contributed by atoms with Crippen LogP contribution in [-0.4, -0.2) is 19.8 Å². The van der Waals surface area contributed by atoms with Gasteiger partial charge >= 0.3 is 6.18 Å². The summed E-state index contributed by atoms with van der Waals surface area (Å²) in [6.07, 6.45) is -3.59. The zero-order chi connectivity index (χ0) is 15.8. The summed E-state index contributed by atoms with van der Waals surface area (Å²) in [6, 6.07) is 8.16. The van der Waals surface area contributed by atoms with Crippen LogP contribution >= 0.6 is 0 Å². The zero-order valence-electron chi connectivity index (χ0n) is 10.8. The van der Waals surface area contributed by atoms with Gasteiger partial charge in [-0.05, 0) is 41.5 Å². The van der Waals surface area contributed by atoms with Crippen LogP contribution in [0, 0.1) is 0 Å². The molecule has 0 bridgehead atoms. The van der Waals surface area contributed by atoms with Crippen LogP contribution in [0.25, 0.3) is 11.1 Å². The maximum atomic E-state index is 12.7. The van der Waals surface area contributed by atoms with Crippen molar-refractivity contribution in [3.05, 3.63) is 48.0 Å². The maximum absolute atomic E-state index is 12.7. The van der Waals surface area contributed by atoms with E-state index in [1.165, 1.54) is 24.3 Å². The molecule has 0 radical (unpaired) electrons. The lowest BCUT2D eigenvalue weighted by Crippen LogP contribution is -2.04. The van der Waals surface area contributed by atoms with Crippen LogP contribution in [0.2, 0.25) is 0 Å². The third-order valence-electron chi connectivity index (χ3n) is 2.84. The Balaban J connectivity index is 2.60. The van der Waals surface area contributed by atoms with E-state index in [1.54, 1.807) is 0 Å². The monoisotopic (exact) mass is 316 g/mol. The second-order valence-electron chi connectivity index (χ2n) is 4.57. The molecule has 0 aromatic heterocycles. The van der Waals surface area contributed by atoms with Gasteiger partial charge in [0.25, 0.3) is 0 Å². The van der Waals surface area contributed by atoms with Crippen LogP contribution < -0.4 is 0 Å². The number of phenolic OH excluding ortho intramolecular Hbond substituents is 1. The summed E-state index contributed by atoms with van der Waals surface area (Å²) in [5.74, 6) is -0.537. The van der Waals surface area contributed by atoms with Crippen molar-refractivity contribution >= 4 is 9.84 Å². The van der Waals surface area contributed by atoms with Gasteiger partial charge in [-0.1, -0.05) is 12.1 Å². The normalized spacial score (nSPS) is 12.4. The van der Waals surface area contributed by atoms with E-state index in [4.69, 9.17) is 0 Å². The number of sulfone groups is 1. The molecule has 2 rings (SSSR count). The first kappa shape index (κ1) is 15.4. The van der Waals surface area contributed by atoms with Crippen molar-refractivity contribution in [1.82, 2.24) is 0 Å². The van der Waals surface area contributed by atoms with Gasteiger partial charge in [-0.25, -0.2) is 8.42 Å². The summed E-state index contributed by atoms with van der Waals surface area (Å²) < 4.78 is 61.1. The number of benzene rings is 2. The van der Waals surface area contributed by atoms with Crippen molar-refractivity contribution in [2.24, 2.45) is 0 Å². The van der Waals surface area contributed by atoms with Gasteiger partial charge in [-0.3, -0.25) is 0 Å². The fourth-order valence-corrected chi connectivity index (χ4v) is 2.51. The van der Waals surface area contributed by atoms with E-state index < -0.39 is 27.3 Å². The SMILES string of the molecule is CS(=O)(=O)c1cccc(-c2cc(O)cc(C(F)(F)F)c2)c1. The van der Waals surface area contributed by atoms with Crippen molar-refractivity contribution in [3.63, 3.8) is 0 Å². The minimum Gasteiger partial charge on any atom is -0.508 e. The summed E-state index contributed by atoms with van der Waals surface area (Å²) in [7, 11) is -3.47. The number of rotatable bonds is 2. The molecule has 2 aromatic carbocycles. The fraction of sp³-hybridized carbons (Fsp3) is 0.143. The third-order valence-corrected chi connectivity index (χ3v) is 3.95. The van der Waals surface area contributed by atoms with Gasteiger partial charge < -0.3 is 5.11 Å². The van der Waals surface area contributed by atoms with Crippen LogP contribution in [0.5, 0.6) is 5.75 Å². The average molecular weight is 316 g/mol. The van der Waals surface area contributed by atoms with E-state index in [-0.39, 0.29) is 16.0 Å². The molecule has 0 fully saturated rings.